The van der Waals surface area contributed by atoms with Crippen molar-refractivity contribution in [1.82, 2.24) is 15.5 Å². The molecule has 0 atom stereocenters. The lowest BCUT2D eigenvalue weighted by Crippen LogP contribution is -2.37. The van der Waals surface area contributed by atoms with Crippen LogP contribution in [0.1, 0.15) is 35.7 Å². The Morgan fingerprint density at radius 3 is 2.52 bits per heavy atom. The van der Waals surface area contributed by atoms with E-state index in [1.807, 2.05) is 24.3 Å². The number of piperidine rings is 1. The molecule has 0 aliphatic carbocycles. The van der Waals surface area contributed by atoms with E-state index in [0.29, 0.717) is 5.56 Å². The van der Waals surface area contributed by atoms with E-state index in [0.717, 1.165) is 25.6 Å². The van der Waals surface area contributed by atoms with Gasteiger partial charge < -0.3 is 15.5 Å². The molecule has 1 aromatic rings. The smallest absolute Gasteiger partial charge is 0.251 e. The molecule has 2 rings (SSSR count). The number of rotatable bonds is 6. The number of benzene rings is 1. The molecule has 116 valence electrons. The summed E-state index contributed by atoms with van der Waals surface area (Å²) in [5, 5.41) is 6.11. The van der Waals surface area contributed by atoms with Crippen molar-refractivity contribution in [2.75, 3.05) is 33.2 Å². The molecule has 0 unspecified atom stereocenters. The number of amides is 1. The van der Waals surface area contributed by atoms with Crippen LogP contribution in [0.5, 0.6) is 0 Å². The molecule has 4 heteroatoms. The van der Waals surface area contributed by atoms with Crippen molar-refractivity contribution in [2.45, 2.75) is 26.3 Å². The van der Waals surface area contributed by atoms with Gasteiger partial charge in [-0.25, -0.2) is 0 Å². The van der Waals surface area contributed by atoms with Crippen LogP contribution in [0.25, 0.3) is 0 Å². The molecule has 1 saturated heterocycles. The van der Waals surface area contributed by atoms with Gasteiger partial charge in [0.25, 0.3) is 5.91 Å². The second kappa shape index (κ2) is 8.15. The van der Waals surface area contributed by atoms with E-state index in [9.17, 15) is 4.79 Å². The summed E-state index contributed by atoms with van der Waals surface area (Å²) in [4.78, 5) is 14.0. The lowest BCUT2D eigenvalue weighted by Gasteiger charge is -2.30. The molecule has 0 radical (unpaired) electrons. The summed E-state index contributed by atoms with van der Waals surface area (Å²) < 4.78 is 0. The number of carbonyl (C=O) groups excluding carboxylic acids is 1. The Labute approximate surface area is 127 Å². The van der Waals surface area contributed by atoms with Gasteiger partial charge in [-0.15, -0.1) is 0 Å². The Morgan fingerprint density at radius 1 is 1.24 bits per heavy atom. The van der Waals surface area contributed by atoms with E-state index >= 15 is 0 Å². The first kappa shape index (κ1) is 16.0. The third-order valence-electron chi connectivity index (χ3n) is 4.25. The number of carbonyl (C=O) groups is 1. The van der Waals surface area contributed by atoms with Crippen LogP contribution in [0.15, 0.2) is 24.3 Å². The van der Waals surface area contributed by atoms with Gasteiger partial charge in [-0.1, -0.05) is 19.1 Å². The van der Waals surface area contributed by atoms with Gasteiger partial charge in [0.15, 0.2) is 0 Å². The highest BCUT2D eigenvalue weighted by molar-refractivity contribution is 5.93. The van der Waals surface area contributed by atoms with E-state index in [1.165, 1.54) is 31.5 Å². The predicted molar refractivity (Wildman–Crippen MR) is 86.4 cm³/mol. The predicted octanol–water partition coefficient (Wildman–Crippen LogP) is 1.87. The topological polar surface area (TPSA) is 44.4 Å². The zero-order valence-corrected chi connectivity index (χ0v) is 13.2. The van der Waals surface area contributed by atoms with Crippen LogP contribution < -0.4 is 10.6 Å². The van der Waals surface area contributed by atoms with E-state index in [4.69, 9.17) is 0 Å². The maximum absolute atomic E-state index is 11.5. The summed E-state index contributed by atoms with van der Waals surface area (Å²) >= 11 is 0. The summed E-state index contributed by atoms with van der Waals surface area (Å²) in [6, 6.07) is 7.78. The Balaban J connectivity index is 1.65. The standard InChI is InChI=1S/C17H27N3O/c1-14-7-10-20(11-8-14)12-9-19-13-15-3-5-16(6-4-15)17(21)18-2/h3-6,14,19H,7-13H2,1-2H3,(H,18,21). The van der Waals surface area contributed by atoms with E-state index < -0.39 is 0 Å². The molecule has 1 fully saturated rings. The monoisotopic (exact) mass is 289 g/mol. The summed E-state index contributed by atoms with van der Waals surface area (Å²) in [5.41, 5.74) is 1.93. The number of likely N-dealkylation sites (tertiary alicyclic amines) is 1. The lowest BCUT2D eigenvalue weighted by atomic mass is 9.99. The van der Waals surface area contributed by atoms with Gasteiger partial charge in [-0.2, -0.15) is 0 Å². The van der Waals surface area contributed by atoms with Crippen LogP contribution in [0.2, 0.25) is 0 Å². The van der Waals surface area contributed by atoms with E-state index in [2.05, 4.69) is 22.5 Å². The summed E-state index contributed by atoms with van der Waals surface area (Å²) in [6.45, 7) is 7.83. The highest BCUT2D eigenvalue weighted by Gasteiger charge is 2.14. The minimum Gasteiger partial charge on any atom is -0.355 e. The molecular formula is C17H27N3O. The van der Waals surface area contributed by atoms with Crippen molar-refractivity contribution in [3.63, 3.8) is 0 Å². The third-order valence-corrected chi connectivity index (χ3v) is 4.25. The summed E-state index contributed by atoms with van der Waals surface area (Å²) in [5.74, 6) is 0.863. The van der Waals surface area contributed by atoms with Crippen molar-refractivity contribution >= 4 is 5.91 Å². The molecule has 1 heterocycles. The molecule has 4 nitrogen and oxygen atoms in total. The van der Waals surface area contributed by atoms with Crippen molar-refractivity contribution in [3.05, 3.63) is 35.4 Å². The third kappa shape index (κ3) is 5.14. The van der Waals surface area contributed by atoms with Gasteiger partial charge in [0.2, 0.25) is 0 Å². The second-order valence-corrected chi connectivity index (χ2v) is 5.98. The van der Waals surface area contributed by atoms with Crippen molar-refractivity contribution in [3.8, 4) is 0 Å². The quantitative estimate of drug-likeness (QED) is 0.786. The maximum atomic E-state index is 11.5. The fraction of sp³-hybridized carbons (Fsp3) is 0.588. The van der Waals surface area contributed by atoms with Crippen LogP contribution in [0.4, 0.5) is 0 Å². The minimum atomic E-state index is -0.0335. The highest BCUT2D eigenvalue weighted by atomic mass is 16.1. The summed E-state index contributed by atoms with van der Waals surface area (Å²) in [7, 11) is 1.65. The zero-order chi connectivity index (χ0) is 15.1. The van der Waals surface area contributed by atoms with Gasteiger partial charge in [-0.05, 0) is 49.5 Å². The first-order valence-electron chi connectivity index (χ1n) is 7.93. The molecule has 0 spiro atoms. The maximum Gasteiger partial charge on any atom is 0.251 e. The molecule has 21 heavy (non-hydrogen) atoms. The van der Waals surface area contributed by atoms with Gasteiger partial charge in [-0.3, -0.25) is 4.79 Å². The van der Waals surface area contributed by atoms with Crippen LogP contribution in [0.3, 0.4) is 0 Å². The van der Waals surface area contributed by atoms with Crippen LogP contribution in [-0.4, -0.2) is 44.0 Å². The van der Waals surface area contributed by atoms with E-state index in [-0.39, 0.29) is 5.91 Å². The first-order chi connectivity index (χ1) is 10.2. The molecule has 0 saturated carbocycles. The van der Waals surface area contributed by atoms with E-state index in [1.54, 1.807) is 7.05 Å². The normalized spacial score (nSPS) is 16.9. The Kier molecular flexibility index (Phi) is 6.21. The molecular weight excluding hydrogens is 262 g/mol. The number of hydrogen-bond donors (Lipinski definition) is 2. The van der Waals surface area contributed by atoms with Gasteiger partial charge in [0, 0.05) is 32.2 Å². The van der Waals surface area contributed by atoms with Gasteiger partial charge in [0.1, 0.15) is 0 Å². The van der Waals surface area contributed by atoms with Crippen LogP contribution in [-0.2, 0) is 6.54 Å². The Hall–Kier alpha value is -1.39. The fourth-order valence-electron chi connectivity index (χ4n) is 2.67. The zero-order valence-electron chi connectivity index (χ0n) is 13.2. The average molecular weight is 289 g/mol. The fourth-order valence-corrected chi connectivity index (χ4v) is 2.67. The SMILES string of the molecule is CNC(=O)c1ccc(CNCCN2CCC(C)CC2)cc1. The van der Waals surface area contributed by atoms with Crippen LogP contribution in [0, 0.1) is 5.92 Å². The first-order valence-corrected chi connectivity index (χ1v) is 7.93. The molecule has 1 aliphatic rings. The highest BCUT2D eigenvalue weighted by Crippen LogP contribution is 2.15. The van der Waals surface area contributed by atoms with Crippen molar-refractivity contribution in [2.24, 2.45) is 5.92 Å². The molecule has 1 aliphatic heterocycles. The second-order valence-electron chi connectivity index (χ2n) is 5.98. The number of nitrogens with zero attached hydrogens (tertiary/aromatic N) is 1. The lowest BCUT2D eigenvalue weighted by molar-refractivity contribution is 0.0963. The number of nitrogens with one attached hydrogen (secondary N) is 2. The summed E-state index contributed by atoms with van der Waals surface area (Å²) in [6.07, 6.45) is 2.67. The largest absolute Gasteiger partial charge is 0.355 e. The average Bonchev–Trinajstić information content (AvgIpc) is 2.53. The molecule has 0 aromatic heterocycles. The Morgan fingerprint density at radius 2 is 1.90 bits per heavy atom. The van der Waals surface area contributed by atoms with Gasteiger partial charge >= 0.3 is 0 Å². The molecule has 0 bridgehead atoms. The van der Waals surface area contributed by atoms with Crippen molar-refractivity contribution < 1.29 is 4.79 Å². The van der Waals surface area contributed by atoms with Crippen LogP contribution >= 0.6 is 0 Å². The molecule has 1 amide bonds. The molecule has 1 aromatic carbocycles. The Bertz CT molecular complexity index is 436. The number of hydrogen-bond acceptors (Lipinski definition) is 3. The van der Waals surface area contributed by atoms with Gasteiger partial charge in [0.05, 0.1) is 0 Å². The minimum absolute atomic E-state index is 0.0335. The molecule has 2 N–H and O–H groups in total. The van der Waals surface area contributed by atoms with Crippen molar-refractivity contribution in [1.29, 1.82) is 0 Å².